The summed E-state index contributed by atoms with van der Waals surface area (Å²) in [7, 11) is 2.72. The lowest BCUT2D eigenvalue weighted by Gasteiger charge is -2.19. The molecule has 2 unspecified atom stereocenters. The standard InChI is InChI=1S/C20H20FNO5/c1-26-16-9-8-15(21)17(18(16)27-2)19(23)22-10-13(14(11-22)20(24)25)12-6-4-3-5-7-12/h3-9,13-14H,10-11H2,1-2H3,(H,24,25). The number of amides is 1. The molecule has 0 bridgehead atoms. The molecule has 2 aromatic carbocycles. The van der Waals surface area contributed by atoms with Crippen LogP contribution in [0.15, 0.2) is 42.5 Å². The van der Waals surface area contributed by atoms with E-state index in [2.05, 4.69) is 0 Å². The first-order valence-electron chi connectivity index (χ1n) is 8.45. The van der Waals surface area contributed by atoms with Gasteiger partial charge in [0.15, 0.2) is 11.5 Å². The molecule has 1 amide bonds. The van der Waals surface area contributed by atoms with Gasteiger partial charge in [0.25, 0.3) is 5.91 Å². The largest absolute Gasteiger partial charge is 0.493 e. The number of carbonyl (C=O) groups excluding carboxylic acids is 1. The van der Waals surface area contributed by atoms with Crippen LogP contribution in [0.3, 0.4) is 0 Å². The zero-order chi connectivity index (χ0) is 19.6. The van der Waals surface area contributed by atoms with E-state index in [1.54, 1.807) is 0 Å². The lowest BCUT2D eigenvalue weighted by Crippen LogP contribution is -2.31. The van der Waals surface area contributed by atoms with Gasteiger partial charge in [0.1, 0.15) is 11.4 Å². The molecule has 1 fully saturated rings. The van der Waals surface area contributed by atoms with Crippen LogP contribution in [0, 0.1) is 11.7 Å². The summed E-state index contributed by atoms with van der Waals surface area (Å²) < 4.78 is 24.8. The van der Waals surface area contributed by atoms with E-state index in [9.17, 15) is 19.1 Å². The summed E-state index contributed by atoms with van der Waals surface area (Å²) in [4.78, 5) is 26.1. The van der Waals surface area contributed by atoms with Gasteiger partial charge in [-0.3, -0.25) is 9.59 Å². The van der Waals surface area contributed by atoms with E-state index in [4.69, 9.17) is 9.47 Å². The van der Waals surface area contributed by atoms with E-state index in [1.165, 1.54) is 25.2 Å². The van der Waals surface area contributed by atoms with Crippen LogP contribution < -0.4 is 9.47 Å². The number of aliphatic carboxylic acids is 1. The molecule has 0 aliphatic carbocycles. The molecule has 7 heteroatoms. The summed E-state index contributed by atoms with van der Waals surface area (Å²) in [5.74, 6) is -3.26. The van der Waals surface area contributed by atoms with E-state index in [1.807, 2.05) is 30.3 Å². The molecular formula is C20H20FNO5. The lowest BCUT2D eigenvalue weighted by atomic mass is 9.89. The molecule has 0 radical (unpaired) electrons. The lowest BCUT2D eigenvalue weighted by molar-refractivity contribution is -0.141. The SMILES string of the molecule is COc1ccc(F)c(C(=O)N2CC(C(=O)O)C(c3ccccc3)C2)c1OC. The van der Waals surface area contributed by atoms with Crippen LogP contribution in [0.25, 0.3) is 0 Å². The average Bonchev–Trinajstić information content (AvgIpc) is 3.13. The molecule has 142 valence electrons. The van der Waals surface area contributed by atoms with Crippen LogP contribution in [0.5, 0.6) is 11.5 Å². The first-order chi connectivity index (χ1) is 13.0. The van der Waals surface area contributed by atoms with Crippen molar-refractivity contribution < 1.29 is 28.6 Å². The van der Waals surface area contributed by atoms with Gasteiger partial charge in [-0.1, -0.05) is 30.3 Å². The molecule has 1 saturated heterocycles. The minimum atomic E-state index is -0.989. The van der Waals surface area contributed by atoms with Crippen molar-refractivity contribution in [3.63, 3.8) is 0 Å². The maximum absolute atomic E-state index is 14.4. The normalized spacial score (nSPS) is 19.0. The number of likely N-dealkylation sites (tertiary alicyclic amines) is 1. The molecule has 2 aromatic rings. The average molecular weight is 373 g/mol. The second kappa shape index (κ2) is 7.65. The third-order valence-corrected chi connectivity index (χ3v) is 4.86. The number of rotatable bonds is 5. The Morgan fingerprint density at radius 1 is 1.07 bits per heavy atom. The van der Waals surface area contributed by atoms with E-state index in [-0.39, 0.29) is 36.1 Å². The highest BCUT2D eigenvalue weighted by Crippen LogP contribution is 2.37. The number of methoxy groups -OCH3 is 2. The van der Waals surface area contributed by atoms with Crippen LogP contribution in [0.4, 0.5) is 4.39 Å². The number of carbonyl (C=O) groups is 2. The minimum absolute atomic E-state index is 0.00228. The summed E-state index contributed by atoms with van der Waals surface area (Å²) >= 11 is 0. The summed E-state index contributed by atoms with van der Waals surface area (Å²) in [6.45, 7) is 0.174. The monoisotopic (exact) mass is 373 g/mol. The summed E-state index contributed by atoms with van der Waals surface area (Å²) in [5.41, 5.74) is 0.577. The van der Waals surface area contributed by atoms with Gasteiger partial charge in [-0.25, -0.2) is 4.39 Å². The van der Waals surface area contributed by atoms with Crippen LogP contribution in [-0.2, 0) is 4.79 Å². The number of halogens is 1. The molecule has 3 rings (SSSR count). The van der Waals surface area contributed by atoms with Crippen molar-refractivity contribution in [3.05, 3.63) is 59.4 Å². The van der Waals surface area contributed by atoms with E-state index >= 15 is 0 Å². The zero-order valence-corrected chi connectivity index (χ0v) is 15.0. The second-order valence-electron chi connectivity index (χ2n) is 6.33. The van der Waals surface area contributed by atoms with Gasteiger partial charge in [-0.05, 0) is 17.7 Å². The molecule has 0 saturated carbocycles. The highest BCUT2D eigenvalue weighted by molar-refractivity contribution is 5.98. The smallest absolute Gasteiger partial charge is 0.308 e. The first-order valence-corrected chi connectivity index (χ1v) is 8.45. The summed E-state index contributed by atoms with van der Waals surface area (Å²) in [6.07, 6.45) is 0. The van der Waals surface area contributed by atoms with Gasteiger partial charge in [-0.15, -0.1) is 0 Å². The fourth-order valence-corrected chi connectivity index (χ4v) is 3.52. The van der Waals surface area contributed by atoms with E-state index in [0.29, 0.717) is 0 Å². The Bertz CT molecular complexity index is 855. The third kappa shape index (κ3) is 3.45. The van der Waals surface area contributed by atoms with Crippen LogP contribution in [0.1, 0.15) is 21.8 Å². The number of benzene rings is 2. The Hall–Kier alpha value is -3.09. The predicted octanol–water partition coefficient (Wildman–Crippen LogP) is 2.78. The molecule has 27 heavy (non-hydrogen) atoms. The molecule has 1 heterocycles. The van der Waals surface area contributed by atoms with Gasteiger partial charge in [0, 0.05) is 19.0 Å². The van der Waals surface area contributed by atoms with Crippen LogP contribution >= 0.6 is 0 Å². The quantitative estimate of drug-likeness (QED) is 0.872. The van der Waals surface area contributed by atoms with Crippen LogP contribution in [-0.4, -0.2) is 49.2 Å². The molecule has 0 aromatic heterocycles. The van der Waals surface area contributed by atoms with Crippen molar-refractivity contribution in [1.29, 1.82) is 0 Å². The maximum atomic E-state index is 14.4. The van der Waals surface area contributed by atoms with Crippen molar-refractivity contribution in [2.24, 2.45) is 5.92 Å². The van der Waals surface area contributed by atoms with Crippen molar-refractivity contribution in [3.8, 4) is 11.5 Å². The number of nitrogens with zero attached hydrogens (tertiary/aromatic N) is 1. The molecule has 1 aliphatic rings. The highest BCUT2D eigenvalue weighted by Gasteiger charge is 2.41. The van der Waals surface area contributed by atoms with Crippen molar-refractivity contribution in [1.82, 2.24) is 4.90 Å². The van der Waals surface area contributed by atoms with Crippen molar-refractivity contribution >= 4 is 11.9 Å². The molecule has 1 aliphatic heterocycles. The molecule has 0 spiro atoms. The van der Waals surface area contributed by atoms with Crippen molar-refractivity contribution in [2.45, 2.75) is 5.92 Å². The van der Waals surface area contributed by atoms with Crippen molar-refractivity contribution in [2.75, 3.05) is 27.3 Å². The number of carboxylic acids is 1. The van der Waals surface area contributed by atoms with Gasteiger partial charge in [0.05, 0.1) is 20.1 Å². The third-order valence-electron chi connectivity index (χ3n) is 4.86. The zero-order valence-electron chi connectivity index (χ0n) is 15.0. The van der Waals surface area contributed by atoms with E-state index < -0.39 is 23.6 Å². The Morgan fingerprint density at radius 3 is 2.37 bits per heavy atom. The van der Waals surface area contributed by atoms with Crippen LogP contribution in [0.2, 0.25) is 0 Å². The Labute approximate surface area is 156 Å². The Morgan fingerprint density at radius 2 is 1.78 bits per heavy atom. The first kappa shape index (κ1) is 18.7. The Balaban J connectivity index is 1.96. The molecule has 1 N–H and O–H groups in total. The van der Waals surface area contributed by atoms with Gasteiger partial charge < -0.3 is 19.5 Å². The fraction of sp³-hybridized carbons (Fsp3) is 0.300. The Kier molecular flexibility index (Phi) is 5.30. The number of hydrogen-bond donors (Lipinski definition) is 1. The van der Waals surface area contributed by atoms with Gasteiger partial charge >= 0.3 is 5.97 Å². The van der Waals surface area contributed by atoms with E-state index in [0.717, 1.165) is 11.6 Å². The topological polar surface area (TPSA) is 76.1 Å². The highest BCUT2D eigenvalue weighted by atomic mass is 19.1. The summed E-state index contributed by atoms with van der Waals surface area (Å²) in [5, 5.41) is 9.60. The molecular weight excluding hydrogens is 353 g/mol. The number of ether oxygens (including phenoxy) is 2. The summed E-state index contributed by atoms with van der Waals surface area (Å²) in [6, 6.07) is 11.7. The van der Waals surface area contributed by atoms with Gasteiger partial charge in [0.2, 0.25) is 0 Å². The number of carboxylic acid groups (broad SMARTS) is 1. The second-order valence-corrected chi connectivity index (χ2v) is 6.33. The van der Waals surface area contributed by atoms with Gasteiger partial charge in [-0.2, -0.15) is 0 Å². The number of hydrogen-bond acceptors (Lipinski definition) is 4. The maximum Gasteiger partial charge on any atom is 0.308 e. The molecule has 6 nitrogen and oxygen atoms in total. The molecule has 2 atom stereocenters. The predicted molar refractivity (Wildman–Crippen MR) is 95.7 cm³/mol. The fourth-order valence-electron chi connectivity index (χ4n) is 3.52. The minimum Gasteiger partial charge on any atom is -0.493 e.